The minimum Gasteiger partial charge on any atom is -0.497 e. The highest BCUT2D eigenvalue weighted by Crippen LogP contribution is 2.39. The number of ether oxygens (including phenoxy) is 1. The fourth-order valence-corrected chi connectivity index (χ4v) is 5.93. The van der Waals surface area contributed by atoms with Crippen molar-refractivity contribution in [3.05, 3.63) is 81.9 Å². The first-order valence-electron chi connectivity index (χ1n) is 17.2. The van der Waals surface area contributed by atoms with Gasteiger partial charge in [0.15, 0.2) is 0 Å². The van der Waals surface area contributed by atoms with Crippen LogP contribution < -0.4 is 36.6 Å². The number of urea groups is 1. The SMILES string of the molecule is CCN(CC)CCNC(=O)c1c(C)[nH]c(/C=C2\C(=O)N(C(=O)N[C@@H](CCNC(=O)CN)C(=O)NCc3ccc(OC)cc3)c3ccc(F)cc32)c1C. The van der Waals surface area contributed by atoms with Crippen molar-refractivity contribution < 1.29 is 33.1 Å². The van der Waals surface area contributed by atoms with E-state index in [1.165, 1.54) is 12.1 Å². The van der Waals surface area contributed by atoms with E-state index in [1.54, 1.807) is 45.2 Å². The van der Waals surface area contributed by atoms with Gasteiger partial charge >= 0.3 is 6.03 Å². The predicted molar refractivity (Wildman–Crippen MR) is 196 cm³/mol. The Bertz CT molecular complexity index is 1820. The van der Waals surface area contributed by atoms with Crippen LogP contribution in [0.1, 0.15) is 58.7 Å². The molecule has 278 valence electrons. The zero-order valence-electron chi connectivity index (χ0n) is 30.2. The minimum absolute atomic E-state index is 0.00859. The molecule has 1 aromatic heterocycles. The van der Waals surface area contributed by atoms with E-state index < -0.39 is 35.6 Å². The van der Waals surface area contributed by atoms with E-state index in [0.29, 0.717) is 41.4 Å². The van der Waals surface area contributed by atoms with Crippen molar-refractivity contribution in [2.45, 2.75) is 46.7 Å². The van der Waals surface area contributed by atoms with Crippen LogP contribution in [0.2, 0.25) is 0 Å². The first-order chi connectivity index (χ1) is 24.9. The van der Waals surface area contributed by atoms with Crippen LogP contribution in [0.15, 0.2) is 42.5 Å². The molecule has 1 aliphatic rings. The van der Waals surface area contributed by atoms with Crippen LogP contribution in [0, 0.1) is 19.7 Å². The monoisotopic (exact) mass is 718 g/mol. The largest absolute Gasteiger partial charge is 0.497 e. The normalized spacial score (nSPS) is 13.6. The first-order valence-corrected chi connectivity index (χ1v) is 17.2. The molecule has 0 aliphatic carbocycles. The highest BCUT2D eigenvalue weighted by molar-refractivity contribution is 6.42. The van der Waals surface area contributed by atoms with Gasteiger partial charge in [0.1, 0.15) is 17.6 Å². The third-order valence-electron chi connectivity index (χ3n) is 8.91. The Morgan fingerprint density at radius 1 is 1.02 bits per heavy atom. The van der Waals surface area contributed by atoms with Crippen molar-refractivity contribution in [2.75, 3.05) is 51.3 Å². The number of imide groups is 1. The summed E-state index contributed by atoms with van der Waals surface area (Å²) in [5, 5.41) is 10.9. The Morgan fingerprint density at radius 3 is 2.38 bits per heavy atom. The molecule has 2 heterocycles. The molecule has 0 saturated carbocycles. The molecule has 0 bridgehead atoms. The summed E-state index contributed by atoms with van der Waals surface area (Å²) in [5.74, 6) is -2.02. The number of aromatic nitrogens is 1. The number of nitrogens with zero attached hydrogens (tertiary/aromatic N) is 2. The average molecular weight is 719 g/mol. The zero-order chi connectivity index (χ0) is 37.9. The molecule has 0 fully saturated rings. The number of halogens is 1. The number of nitrogens with one attached hydrogen (secondary N) is 5. The molecular weight excluding hydrogens is 671 g/mol. The number of rotatable bonds is 16. The summed E-state index contributed by atoms with van der Waals surface area (Å²) in [4.78, 5) is 72.3. The van der Waals surface area contributed by atoms with E-state index >= 15 is 0 Å². The third kappa shape index (κ3) is 9.41. The zero-order valence-corrected chi connectivity index (χ0v) is 30.2. The van der Waals surface area contributed by atoms with Crippen molar-refractivity contribution in [1.82, 2.24) is 31.2 Å². The van der Waals surface area contributed by atoms with Gasteiger partial charge in [0, 0.05) is 43.1 Å². The number of benzene rings is 2. The van der Waals surface area contributed by atoms with Crippen LogP contribution in [-0.2, 0) is 20.9 Å². The second-order valence-electron chi connectivity index (χ2n) is 12.2. The van der Waals surface area contributed by atoms with Crippen molar-refractivity contribution in [3.8, 4) is 5.75 Å². The Balaban J connectivity index is 1.57. The highest BCUT2D eigenvalue weighted by atomic mass is 19.1. The number of aryl methyl sites for hydroxylation is 1. The number of hydrogen-bond donors (Lipinski definition) is 6. The van der Waals surface area contributed by atoms with E-state index in [4.69, 9.17) is 10.5 Å². The van der Waals surface area contributed by atoms with Crippen LogP contribution in [0.3, 0.4) is 0 Å². The molecule has 2 aromatic carbocycles. The maximum atomic E-state index is 14.6. The van der Waals surface area contributed by atoms with E-state index in [1.807, 2.05) is 0 Å². The molecule has 3 aromatic rings. The van der Waals surface area contributed by atoms with Gasteiger partial charge in [-0.05, 0) is 80.9 Å². The lowest BCUT2D eigenvalue weighted by Crippen LogP contribution is -2.53. The predicted octanol–water partition coefficient (Wildman–Crippen LogP) is 2.60. The van der Waals surface area contributed by atoms with Crippen molar-refractivity contribution >= 4 is 47.0 Å². The molecule has 52 heavy (non-hydrogen) atoms. The number of H-pyrrole nitrogens is 1. The van der Waals surface area contributed by atoms with Crippen LogP contribution in [0.25, 0.3) is 11.6 Å². The van der Waals surface area contributed by atoms with Gasteiger partial charge < -0.3 is 41.6 Å². The van der Waals surface area contributed by atoms with Crippen LogP contribution in [0.5, 0.6) is 5.75 Å². The number of nitrogens with two attached hydrogens (primary N) is 1. The standard InChI is InChI=1S/C37H47FN8O6/c1-6-45(7-2)17-16-41-35(49)33-22(3)30(43-23(33)4)19-28-27-18-25(38)10-13-31(27)46(36(28)50)37(51)44-29(14-15-40-32(47)20-39)34(48)42-21-24-8-11-26(52-5)12-9-24/h8-13,18-19,29,43H,6-7,14-17,20-21,39H2,1-5H3,(H,40,47)(H,41,49)(H,42,48)(H,44,51)/b28-19-/t29-/m0/s1. The maximum absolute atomic E-state index is 14.6. The summed E-state index contributed by atoms with van der Waals surface area (Å²) in [6.07, 6.45) is 1.47. The molecule has 1 aliphatic heterocycles. The van der Waals surface area contributed by atoms with Crippen molar-refractivity contribution in [3.63, 3.8) is 0 Å². The van der Waals surface area contributed by atoms with E-state index in [0.717, 1.165) is 35.7 Å². The summed E-state index contributed by atoms with van der Waals surface area (Å²) in [6.45, 7) is 10.4. The van der Waals surface area contributed by atoms with Crippen molar-refractivity contribution in [2.24, 2.45) is 5.73 Å². The lowest BCUT2D eigenvalue weighted by molar-refractivity contribution is -0.124. The number of hydrogen-bond acceptors (Lipinski definition) is 8. The Morgan fingerprint density at radius 2 is 1.73 bits per heavy atom. The van der Waals surface area contributed by atoms with Gasteiger partial charge in [-0.3, -0.25) is 19.2 Å². The summed E-state index contributed by atoms with van der Waals surface area (Å²) in [6, 6.07) is 8.52. The lowest BCUT2D eigenvalue weighted by atomic mass is 10.0. The molecule has 0 saturated heterocycles. The quantitative estimate of drug-likeness (QED) is 0.122. The van der Waals surface area contributed by atoms with Gasteiger partial charge in [-0.15, -0.1) is 0 Å². The fraction of sp³-hybridized carbons (Fsp3) is 0.378. The number of amides is 6. The van der Waals surface area contributed by atoms with Gasteiger partial charge in [-0.25, -0.2) is 14.1 Å². The van der Waals surface area contributed by atoms with Crippen molar-refractivity contribution in [1.29, 1.82) is 0 Å². The number of fused-ring (bicyclic) bond motifs is 1. The fourth-order valence-electron chi connectivity index (χ4n) is 5.93. The van der Waals surface area contributed by atoms with Gasteiger partial charge in [-0.2, -0.15) is 0 Å². The second kappa shape index (κ2) is 18.1. The molecule has 0 unspecified atom stereocenters. The maximum Gasteiger partial charge on any atom is 0.329 e. The Kier molecular flexibility index (Phi) is 13.7. The van der Waals surface area contributed by atoms with Crippen LogP contribution in [-0.4, -0.2) is 92.0 Å². The number of aromatic amines is 1. The number of anilines is 1. The molecule has 7 N–H and O–H groups in total. The number of carbonyl (C=O) groups excluding carboxylic acids is 5. The van der Waals surface area contributed by atoms with E-state index in [-0.39, 0.29) is 48.8 Å². The molecule has 1 atom stereocenters. The van der Waals surface area contributed by atoms with Crippen LogP contribution >= 0.6 is 0 Å². The van der Waals surface area contributed by atoms with Gasteiger partial charge in [0.25, 0.3) is 11.8 Å². The summed E-state index contributed by atoms with van der Waals surface area (Å²) in [5.41, 5.74) is 8.46. The Labute approximate surface area is 302 Å². The molecule has 0 spiro atoms. The summed E-state index contributed by atoms with van der Waals surface area (Å²) in [7, 11) is 1.54. The minimum atomic E-state index is -1.18. The Hall–Kier alpha value is -5.54. The molecule has 14 nitrogen and oxygen atoms in total. The topological polar surface area (TPSA) is 191 Å². The molecular formula is C37H47FN8O6. The van der Waals surface area contributed by atoms with Gasteiger partial charge in [0.2, 0.25) is 11.8 Å². The summed E-state index contributed by atoms with van der Waals surface area (Å²) >= 11 is 0. The number of carbonyl (C=O) groups is 5. The molecule has 0 radical (unpaired) electrons. The average Bonchev–Trinajstić information content (AvgIpc) is 3.58. The smallest absolute Gasteiger partial charge is 0.329 e. The van der Waals surface area contributed by atoms with E-state index in [2.05, 4.69) is 45.0 Å². The molecule has 15 heteroatoms. The van der Waals surface area contributed by atoms with E-state index in [9.17, 15) is 28.4 Å². The third-order valence-corrected chi connectivity index (χ3v) is 8.91. The first kappa shape index (κ1) is 39.2. The number of likely N-dealkylation sites (N-methyl/N-ethyl adjacent to an activating group) is 1. The number of methoxy groups -OCH3 is 1. The summed E-state index contributed by atoms with van der Waals surface area (Å²) < 4.78 is 19.8. The lowest BCUT2D eigenvalue weighted by Gasteiger charge is -2.22. The van der Waals surface area contributed by atoms with Gasteiger partial charge in [0.05, 0.1) is 30.5 Å². The van der Waals surface area contributed by atoms with Gasteiger partial charge in [-0.1, -0.05) is 26.0 Å². The highest BCUT2D eigenvalue weighted by Gasteiger charge is 2.39. The second-order valence-corrected chi connectivity index (χ2v) is 12.2. The van der Waals surface area contributed by atoms with Crippen LogP contribution in [0.4, 0.5) is 14.9 Å². The molecule has 4 rings (SSSR count). The molecule has 6 amide bonds.